The average Bonchev–Trinajstić information content (AvgIpc) is 3.48. The van der Waals surface area contributed by atoms with Gasteiger partial charge in [-0.2, -0.15) is 5.10 Å². The van der Waals surface area contributed by atoms with Crippen LogP contribution >= 0.6 is 0 Å². The first-order valence-electron chi connectivity index (χ1n) is 13.8. The van der Waals surface area contributed by atoms with Gasteiger partial charge in [-0.25, -0.2) is 14.4 Å². The molecule has 8 nitrogen and oxygen atoms in total. The molecular weight excluding hydrogens is 469 g/mol. The number of fused-ring (bicyclic) bond motifs is 1. The highest BCUT2D eigenvalue weighted by Gasteiger charge is 2.40. The number of alkyl halides is 1. The van der Waals surface area contributed by atoms with Crippen LogP contribution in [0.4, 0.5) is 10.2 Å². The standard InChI is InChI=1S/C26H34FN7O.C2H6/c1-18-15-33(11-12-34(18)16-26(27)7-9-28-10-8-26)23-14-22(29-17-30-23)24-20-13-19(35-25(2)5-6-25)3-4-21(20)31-32-24;1-2/h3-4,13-14,17-18,28H,5-12,15-16H2,1-2H3,(H,31,32);1-2H3. The summed E-state index contributed by atoms with van der Waals surface area (Å²) in [6.07, 6.45) is 4.98. The first-order valence-corrected chi connectivity index (χ1v) is 13.8. The van der Waals surface area contributed by atoms with Gasteiger partial charge in [0.15, 0.2) is 0 Å². The van der Waals surface area contributed by atoms with Crippen molar-refractivity contribution in [2.24, 2.45) is 0 Å². The number of rotatable bonds is 6. The third kappa shape index (κ3) is 5.72. The number of hydrogen-bond donors (Lipinski definition) is 2. The van der Waals surface area contributed by atoms with Gasteiger partial charge in [-0.15, -0.1) is 0 Å². The molecule has 1 saturated carbocycles. The number of halogens is 1. The average molecular weight is 510 g/mol. The summed E-state index contributed by atoms with van der Waals surface area (Å²) < 4.78 is 21.4. The summed E-state index contributed by atoms with van der Waals surface area (Å²) in [6.45, 7) is 12.8. The summed E-state index contributed by atoms with van der Waals surface area (Å²) in [4.78, 5) is 13.7. The zero-order chi connectivity index (χ0) is 26.0. The Morgan fingerprint density at radius 3 is 2.59 bits per heavy atom. The Hall–Kier alpha value is -2.78. The first-order chi connectivity index (χ1) is 17.9. The van der Waals surface area contributed by atoms with Crippen LogP contribution in [0.5, 0.6) is 5.75 Å². The van der Waals surface area contributed by atoms with E-state index in [1.165, 1.54) is 0 Å². The molecule has 2 saturated heterocycles. The molecule has 6 rings (SSSR count). The summed E-state index contributed by atoms with van der Waals surface area (Å²) >= 11 is 0. The largest absolute Gasteiger partial charge is 0.488 e. The Morgan fingerprint density at radius 2 is 1.86 bits per heavy atom. The smallest absolute Gasteiger partial charge is 0.132 e. The van der Waals surface area contributed by atoms with Crippen LogP contribution < -0.4 is 15.0 Å². The van der Waals surface area contributed by atoms with Gasteiger partial charge >= 0.3 is 0 Å². The minimum absolute atomic E-state index is 0.0336. The van der Waals surface area contributed by atoms with E-state index < -0.39 is 5.67 Å². The Labute approximate surface area is 219 Å². The lowest BCUT2D eigenvalue weighted by molar-refractivity contribution is 0.0412. The first kappa shape index (κ1) is 25.9. The van der Waals surface area contributed by atoms with E-state index in [4.69, 9.17) is 4.74 Å². The zero-order valence-corrected chi connectivity index (χ0v) is 22.6. The topological polar surface area (TPSA) is 82.2 Å². The molecule has 1 aromatic carbocycles. The second-order valence-electron chi connectivity index (χ2n) is 10.8. The van der Waals surface area contributed by atoms with Gasteiger partial charge in [0, 0.05) is 43.7 Å². The summed E-state index contributed by atoms with van der Waals surface area (Å²) in [5.74, 6) is 1.74. The lowest BCUT2D eigenvalue weighted by atomic mass is 9.93. The van der Waals surface area contributed by atoms with E-state index in [0.717, 1.165) is 79.4 Å². The molecule has 3 aromatic rings. The van der Waals surface area contributed by atoms with Crippen LogP contribution in [0.3, 0.4) is 0 Å². The molecular formula is C28H40FN7O. The lowest BCUT2D eigenvalue weighted by Gasteiger charge is -2.44. The molecule has 3 fully saturated rings. The maximum absolute atomic E-state index is 15.3. The fourth-order valence-electron chi connectivity index (χ4n) is 5.30. The van der Waals surface area contributed by atoms with Gasteiger partial charge in [-0.1, -0.05) is 13.8 Å². The maximum atomic E-state index is 15.3. The Morgan fingerprint density at radius 1 is 1.08 bits per heavy atom. The second-order valence-corrected chi connectivity index (χ2v) is 10.8. The van der Waals surface area contributed by atoms with E-state index >= 15 is 4.39 Å². The minimum atomic E-state index is -1.08. The fourth-order valence-corrected chi connectivity index (χ4v) is 5.30. The molecule has 0 spiro atoms. The zero-order valence-electron chi connectivity index (χ0n) is 22.6. The molecule has 1 unspecified atom stereocenters. The molecule has 3 aliphatic rings. The number of piperidine rings is 1. The van der Waals surface area contributed by atoms with Crippen LogP contribution in [-0.4, -0.2) is 81.6 Å². The highest BCUT2D eigenvalue weighted by Crippen LogP contribution is 2.40. The van der Waals surface area contributed by atoms with Crippen molar-refractivity contribution in [1.29, 1.82) is 0 Å². The Balaban J connectivity index is 0.00000137. The predicted molar refractivity (Wildman–Crippen MR) is 146 cm³/mol. The molecule has 0 bridgehead atoms. The fraction of sp³-hybridized carbons (Fsp3) is 0.607. The van der Waals surface area contributed by atoms with Gasteiger partial charge in [-0.3, -0.25) is 10.00 Å². The highest BCUT2D eigenvalue weighted by molar-refractivity contribution is 5.93. The monoisotopic (exact) mass is 509 g/mol. The van der Waals surface area contributed by atoms with Gasteiger partial charge < -0.3 is 15.0 Å². The van der Waals surface area contributed by atoms with Crippen LogP contribution in [0, 0.1) is 0 Å². The van der Waals surface area contributed by atoms with E-state index in [9.17, 15) is 0 Å². The molecule has 0 radical (unpaired) electrons. The number of benzene rings is 1. The van der Waals surface area contributed by atoms with Gasteiger partial charge in [0.25, 0.3) is 0 Å². The molecule has 0 amide bonds. The molecule has 1 atom stereocenters. The van der Waals surface area contributed by atoms with Crippen LogP contribution in [0.15, 0.2) is 30.6 Å². The van der Waals surface area contributed by atoms with E-state index in [2.05, 4.69) is 49.1 Å². The lowest BCUT2D eigenvalue weighted by Crippen LogP contribution is -2.57. The number of hydrogen-bond acceptors (Lipinski definition) is 7. The molecule has 2 aliphatic heterocycles. The van der Waals surface area contributed by atoms with Crippen LogP contribution in [0.2, 0.25) is 0 Å². The van der Waals surface area contributed by atoms with Crippen LogP contribution in [0.25, 0.3) is 22.3 Å². The summed E-state index contributed by atoms with van der Waals surface area (Å²) in [6, 6.07) is 8.31. The number of nitrogens with zero attached hydrogens (tertiary/aromatic N) is 5. The Bertz CT molecular complexity index is 1200. The number of anilines is 1. The summed E-state index contributed by atoms with van der Waals surface area (Å²) in [7, 11) is 0. The van der Waals surface area contributed by atoms with Crippen molar-refractivity contribution in [2.45, 2.75) is 70.7 Å². The molecule has 4 heterocycles. The molecule has 2 aromatic heterocycles. The predicted octanol–water partition coefficient (Wildman–Crippen LogP) is 4.58. The number of aromatic nitrogens is 4. The van der Waals surface area contributed by atoms with Crippen molar-refractivity contribution in [3.05, 3.63) is 30.6 Å². The third-order valence-corrected chi connectivity index (χ3v) is 7.82. The Kier molecular flexibility index (Phi) is 7.36. The molecule has 2 N–H and O–H groups in total. The van der Waals surface area contributed by atoms with E-state index in [-0.39, 0.29) is 11.6 Å². The number of nitrogens with one attached hydrogen (secondary N) is 2. The number of ether oxygens (including phenoxy) is 1. The van der Waals surface area contributed by atoms with E-state index in [0.29, 0.717) is 19.4 Å². The van der Waals surface area contributed by atoms with Crippen molar-refractivity contribution in [3.63, 3.8) is 0 Å². The second kappa shape index (κ2) is 10.5. The normalized spacial score (nSPS) is 22.8. The third-order valence-electron chi connectivity index (χ3n) is 7.82. The number of H-pyrrole nitrogens is 1. The number of piperazine rings is 1. The van der Waals surface area contributed by atoms with Crippen molar-refractivity contribution in [1.82, 2.24) is 30.4 Å². The van der Waals surface area contributed by atoms with Crippen molar-refractivity contribution < 1.29 is 9.13 Å². The van der Waals surface area contributed by atoms with Crippen molar-refractivity contribution in [3.8, 4) is 17.1 Å². The van der Waals surface area contributed by atoms with Gasteiger partial charge in [0.05, 0.1) is 11.2 Å². The minimum Gasteiger partial charge on any atom is -0.488 e. The van der Waals surface area contributed by atoms with Crippen LogP contribution in [-0.2, 0) is 0 Å². The van der Waals surface area contributed by atoms with Crippen molar-refractivity contribution >= 4 is 16.7 Å². The molecule has 9 heteroatoms. The van der Waals surface area contributed by atoms with E-state index in [1.807, 2.05) is 38.1 Å². The molecule has 37 heavy (non-hydrogen) atoms. The van der Waals surface area contributed by atoms with Crippen LogP contribution in [0.1, 0.15) is 53.4 Å². The van der Waals surface area contributed by atoms with Gasteiger partial charge in [0.2, 0.25) is 0 Å². The van der Waals surface area contributed by atoms with Crippen molar-refractivity contribution in [2.75, 3.05) is 44.2 Å². The van der Waals surface area contributed by atoms with Gasteiger partial charge in [0.1, 0.15) is 34.9 Å². The molecule has 200 valence electrons. The quantitative estimate of drug-likeness (QED) is 0.503. The number of aromatic amines is 1. The summed E-state index contributed by atoms with van der Waals surface area (Å²) in [5, 5.41) is 11.9. The maximum Gasteiger partial charge on any atom is 0.132 e. The SMILES string of the molecule is CC.CC1CN(c2cc(-c3n[nH]c4ccc(OC5(C)CC5)cc34)ncn2)CCN1CC1(F)CCNCC1. The van der Waals surface area contributed by atoms with E-state index in [1.54, 1.807) is 6.33 Å². The van der Waals surface area contributed by atoms with Gasteiger partial charge in [-0.05, 0) is 70.8 Å². The molecule has 1 aliphatic carbocycles. The highest BCUT2D eigenvalue weighted by atomic mass is 19.1. The summed E-state index contributed by atoms with van der Waals surface area (Å²) in [5.41, 5.74) is 1.42.